The predicted octanol–water partition coefficient (Wildman–Crippen LogP) is 3.03. The molecular formula is C17H24FNO2. The molecule has 21 heavy (non-hydrogen) atoms. The smallest absolute Gasteiger partial charge is 0.168 e. The number of ether oxygens (including phenoxy) is 2. The second-order valence-electron chi connectivity index (χ2n) is 6.28. The van der Waals surface area contributed by atoms with Crippen molar-refractivity contribution in [3.63, 3.8) is 0 Å². The van der Waals surface area contributed by atoms with Gasteiger partial charge in [-0.2, -0.15) is 0 Å². The highest BCUT2D eigenvalue weighted by molar-refractivity contribution is 5.17. The van der Waals surface area contributed by atoms with Gasteiger partial charge >= 0.3 is 0 Å². The second kappa shape index (κ2) is 6.42. The Morgan fingerprint density at radius 3 is 2.43 bits per heavy atom. The van der Waals surface area contributed by atoms with Crippen LogP contribution in [0.3, 0.4) is 0 Å². The Morgan fingerprint density at radius 1 is 1.19 bits per heavy atom. The van der Waals surface area contributed by atoms with E-state index in [0.717, 1.165) is 45.3 Å². The molecule has 116 valence electrons. The highest BCUT2D eigenvalue weighted by Gasteiger charge is 2.40. The van der Waals surface area contributed by atoms with Crippen LogP contribution in [0, 0.1) is 5.82 Å². The minimum atomic E-state index is -0.279. The molecule has 1 aromatic rings. The number of halogens is 1. The van der Waals surface area contributed by atoms with E-state index in [1.807, 2.05) is 12.1 Å². The van der Waals surface area contributed by atoms with E-state index in [2.05, 4.69) is 12.2 Å². The maximum Gasteiger partial charge on any atom is 0.168 e. The second-order valence-corrected chi connectivity index (χ2v) is 6.28. The summed E-state index contributed by atoms with van der Waals surface area (Å²) in [5.74, 6) is -0.452. The summed E-state index contributed by atoms with van der Waals surface area (Å²) in [6, 6.07) is 7.70. The zero-order valence-electron chi connectivity index (χ0n) is 12.6. The van der Waals surface area contributed by atoms with Crippen molar-refractivity contribution in [2.75, 3.05) is 13.2 Å². The van der Waals surface area contributed by atoms with Crippen molar-refractivity contribution in [2.45, 2.75) is 56.9 Å². The molecule has 1 heterocycles. The monoisotopic (exact) mass is 293 g/mol. The van der Waals surface area contributed by atoms with Crippen LogP contribution in [0.1, 0.15) is 38.2 Å². The van der Waals surface area contributed by atoms with Gasteiger partial charge in [-0.3, -0.25) is 0 Å². The number of nitrogens with one attached hydrogen (secondary N) is 1. The average Bonchev–Trinajstić information content (AvgIpc) is 2.93. The Morgan fingerprint density at radius 2 is 1.81 bits per heavy atom. The van der Waals surface area contributed by atoms with Crippen molar-refractivity contribution in [3.05, 3.63) is 35.6 Å². The number of benzene rings is 1. The van der Waals surface area contributed by atoms with Crippen LogP contribution in [-0.2, 0) is 15.9 Å². The minimum Gasteiger partial charge on any atom is -0.348 e. The van der Waals surface area contributed by atoms with Crippen molar-refractivity contribution in [1.82, 2.24) is 5.32 Å². The maximum absolute atomic E-state index is 12.9. The number of hydrogen-bond donors (Lipinski definition) is 1. The standard InChI is InChI=1S/C17H24FNO2/c1-13(12-14-2-4-15(18)5-3-14)19-16-6-8-17(9-7-16)20-10-11-21-17/h2-5,13,16,19H,6-12H2,1H3. The van der Waals surface area contributed by atoms with Crippen LogP contribution < -0.4 is 5.32 Å². The first-order valence-electron chi connectivity index (χ1n) is 7.94. The van der Waals surface area contributed by atoms with Gasteiger partial charge in [-0.15, -0.1) is 0 Å². The zero-order chi connectivity index (χ0) is 14.7. The first-order chi connectivity index (χ1) is 10.2. The van der Waals surface area contributed by atoms with Crippen LogP contribution in [0.2, 0.25) is 0 Å². The van der Waals surface area contributed by atoms with Crippen LogP contribution >= 0.6 is 0 Å². The van der Waals surface area contributed by atoms with Gasteiger partial charge in [-0.05, 0) is 43.9 Å². The van der Waals surface area contributed by atoms with E-state index in [0.29, 0.717) is 12.1 Å². The third kappa shape index (κ3) is 3.82. The summed E-state index contributed by atoms with van der Waals surface area (Å²) in [6.07, 6.45) is 5.07. The third-order valence-corrected chi connectivity index (χ3v) is 4.54. The van der Waals surface area contributed by atoms with Crippen LogP contribution in [0.15, 0.2) is 24.3 Å². The summed E-state index contributed by atoms with van der Waals surface area (Å²) in [5, 5.41) is 3.68. The van der Waals surface area contributed by atoms with Crippen LogP contribution in [0.4, 0.5) is 4.39 Å². The van der Waals surface area contributed by atoms with Crippen LogP contribution in [0.5, 0.6) is 0 Å². The minimum absolute atomic E-state index is 0.173. The third-order valence-electron chi connectivity index (χ3n) is 4.54. The molecule has 2 aliphatic rings. The summed E-state index contributed by atoms with van der Waals surface area (Å²) in [7, 11) is 0. The average molecular weight is 293 g/mol. The molecule has 3 rings (SSSR count). The van der Waals surface area contributed by atoms with E-state index in [1.54, 1.807) is 0 Å². The molecule has 1 aliphatic heterocycles. The molecule has 1 N–H and O–H groups in total. The molecule has 2 fully saturated rings. The molecule has 0 amide bonds. The van der Waals surface area contributed by atoms with Gasteiger partial charge in [0.15, 0.2) is 5.79 Å². The van der Waals surface area contributed by atoms with E-state index in [1.165, 1.54) is 17.7 Å². The Balaban J connectivity index is 1.45. The van der Waals surface area contributed by atoms with E-state index in [-0.39, 0.29) is 11.6 Å². The van der Waals surface area contributed by atoms with Crippen molar-refractivity contribution in [1.29, 1.82) is 0 Å². The zero-order valence-corrected chi connectivity index (χ0v) is 12.6. The van der Waals surface area contributed by atoms with E-state index < -0.39 is 0 Å². The molecule has 1 aromatic carbocycles. The van der Waals surface area contributed by atoms with Gasteiger partial charge < -0.3 is 14.8 Å². The molecule has 1 saturated carbocycles. The summed E-state index contributed by atoms with van der Waals surface area (Å²) >= 11 is 0. The maximum atomic E-state index is 12.9. The fourth-order valence-corrected chi connectivity index (χ4v) is 3.45. The lowest BCUT2D eigenvalue weighted by molar-refractivity contribution is -0.179. The van der Waals surface area contributed by atoms with Gasteiger partial charge in [-0.1, -0.05) is 12.1 Å². The lowest BCUT2D eigenvalue weighted by atomic mass is 9.89. The SMILES string of the molecule is CC(Cc1ccc(F)cc1)NC1CCC2(CC1)OCCO2. The molecule has 1 aliphatic carbocycles. The van der Waals surface area contributed by atoms with Crippen molar-refractivity contribution in [3.8, 4) is 0 Å². The molecule has 4 heteroatoms. The number of rotatable bonds is 4. The van der Waals surface area contributed by atoms with Gasteiger partial charge in [0.1, 0.15) is 5.82 Å². The molecule has 1 unspecified atom stereocenters. The topological polar surface area (TPSA) is 30.5 Å². The van der Waals surface area contributed by atoms with E-state index >= 15 is 0 Å². The summed E-state index contributed by atoms with van der Waals surface area (Å²) in [4.78, 5) is 0. The number of hydrogen-bond acceptors (Lipinski definition) is 3. The Labute approximate surface area is 125 Å². The van der Waals surface area contributed by atoms with Crippen LogP contribution in [0.25, 0.3) is 0 Å². The highest BCUT2D eigenvalue weighted by Crippen LogP contribution is 2.35. The van der Waals surface area contributed by atoms with Gasteiger partial charge in [-0.25, -0.2) is 4.39 Å². The normalized spacial score (nSPS) is 23.5. The molecule has 1 atom stereocenters. The van der Waals surface area contributed by atoms with Crippen molar-refractivity contribution in [2.24, 2.45) is 0 Å². The summed E-state index contributed by atoms with van der Waals surface area (Å²) < 4.78 is 24.4. The molecule has 0 aromatic heterocycles. The van der Waals surface area contributed by atoms with E-state index in [9.17, 15) is 4.39 Å². The first kappa shape index (κ1) is 14.9. The molecule has 1 spiro atoms. The molecule has 3 nitrogen and oxygen atoms in total. The largest absolute Gasteiger partial charge is 0.348 e. The molecule has 0 radical (unpaired) electrons. The lowest BCUT2D eigenvalue weighted by Crippen LogP contribution is -2.45. The quantitative estimate of drug-likeness (QED) is 0.925. The fraction of sp³-hybridized carbons (Fsp3) is 0.647. The fourth-order valence-electron chi connectivity index (χ4n) is 3.45. The van der Waals surface area contributed by atoms with Crippen molar-refractivity contribution >= 4 is 0 Å². The molecular weight excluding hydrogens is 269 g/mol. The summed E-state index contributed by atoms with van der Waals surface area (Å²) in [5.41, 5.74) is 1.17. The Hall–Kier alpha value is -0.970. The lowest BCUT2D eigenvalue weighted by Gasteiger charge is -2.36. The van der Waals surface area contributed by atoms with Gasteiger partial charge in [0.05, 0.1) is 13.2 Å². The highest BCUT2D eigenvalue weighted by atomic mass is 19.1. The molecule has 0 bridgehead atoms. The van der Waals surface area contributed by atoms with Crippen LogP contribution in [-0.4, -0.2) is 31.1 Å². The van der Waals surface area contributed by atoms with Gasteiger partial charge in [0, 0.05) is 24.9 Å². The van der Waals surface area contributed by atoms with E-state index in [4.69, 9.17) is 9.47 Å². The first-order valence-corrected chi connectivity index (χ1v) is 7.94. The van der Waals surface area contributed by atoms with Crippen molar-refractivity contribution < 1.29 is 13.9 Å². The Bertz CT molecular complexity index is 446. The molecule has 1 saturated heterocycles. The Kier molecular flexibility index (Phi) is 4.57. The van der Waals surface area contributed by atoms with Gasteiger partial charge in [0.2, 0.25) is 0 Å². The predicted molar refractivity (Wildman–Crippen MR) is 79.6 cm³/mol. The van der Waals surface area contributed by atoms with Gasteiger partial charge in [0.25, 0.3) is 0 Å². The summed E-state index contributed by atoms with van der Waals surface area (Å²) in [6.45, 7) is 3.66.